The number of ketones is 1. The molecule has 1 aromatic heterocycles. The van der Waals surface area contributed by atoms with Crippen molar-refractivity contribution in [1.82, 2.24) is 4.98 Å². The van der Waals surface area contributed by atoms with Gasteiger partial charge in [-0.1, -0.05) is 12.1 Å². The molecular formula is C17H19NO3. The van der Waals surface area contributed by atoms with E-state index in [1.807, 2.05) is 26.0 Å². The second-order valence-electron chi connectivity index (χ2n) is 4.88. The maximum Gasteiger partial charge on any atom is 0.168 e. The molecule has 0 spiro atoms. The lowest BCUT2D eigenvalue weighted by Crippen LogP contribution is -2.08. The van der Waals surface area contributed by atoms with Gasteiger partial charge in [0.05, 0.1) is 26.3 Å². The molecule has 1 heterocycles. The Kier molecular flexibility index (Phi) is 4.58. The van der Waals surface area contributed by atoms with Crippen LogP contribution in [0.2, 0.25) is 0 Å². The van der Waals surface area contributed by atoms with Gasteiger partial charge < -0.3 is 9.47 Å². The number of hydrogen-bond acceptors (Lipinski definition) is 4. The predicted octanol–water partition coefficient (Wildman–Crippen LogP) is 3.14. The summed E-state index contributed by atoms with van der Waals surface area (Å²) < 4.78 is 10.5. The number of hydrogen-bond donors (Lipinski definition) is 0. The number of pyridine rings is 1. The fourth-order valence-electron chi connectivity index (χ4n) is 2.30. The molecule has 0 aliphatic heterocycles. The molecule has 0 aliphatic carbocycles. The van der Waals surface area contributed by atoms with E-state index in [1.165, 1.54) is 0 Å². The van der Waals surface area contributed by atoms with E-state index in [1.54, 1.807) is 32.5 Å². The van der Waals surface area contributed by atoms with Crippen molar-refractivity contribution in [2.45, 2.75) is 20.3 Å². The van der Waals surface area contributed by atoms with Crippen LogP contribution in [-0.2, 0) is 6.42 Å². The molecular weight excluding hydrogens is 266 g/mol. The van der Waals surface area contributed by atoms with Crippen LogP contribution < -0.4 is 9.47 Å². The minimum absolute atomic E-state index is 0.00964. The van der Waals surface area contributed by atoms with Gasteiger partial charge in [-0.05, 0) is 26.0 Å². The van der Waals surface area contributed by atoms with Gasteiger partial charge in [0.1, 0.15) is 11.5 Å². The van der Waals surface area contributed by atoms with Crippen LogP contribution in [0.25, 0.3) is 0 Å². The third kappa shape index (κ3) is 3.21. The third-order valence-corrected chi connectivity index (χ3v) is 3.47. The zero-order valence-corrected chi connectivity index (χ0v) is 12.8. The van der Waals surface area contributed by atoms with Gasteiger partial charge >= 0.3 is 0 Å². The van der Waals surface area contributed by atoms with E-state index < -0.39 is 0 Å². The van der Waals surface area contributed by atoms with Gasteiger partial charge in [0.2, 0.25) is 0 Å². The van der Waals surface area contributed by atoms with Crippen molar-refractivity contribution in [2.75, 3.05) is 14.2 Å². The summed E-state index contributed by atoms with van der Waals surface area (Å²) in [5, 5.41) is 0. The van der Waals surface area contributed by atoms with Gasteiger partial charge in [0.15, 0.2) is 5.78 Å². The first kappa shape index (κ1) is 15.0. The summed E-state index contributed by atoms with van der Waals surface area (Å²) in [5.74, 6) is 1.47. The SMILES string of the molecule is COc1cccc(C(=O)Cc2ncc(C)c(OC)c2C)c1. The third-order valence-electron chi connectivity index (χ3n) is 3.47. The Balaban J connectivity index is 2.27. The molecule has 0 atom stereocenters. The summed E-state index contributed by atoms with van der Waals surface area (Å²) in [7, 11) is 3.21. The highest BCUT2D eigenvalue weighted by Gasteiger charge is 2.14. The van der Waals surface area contributed by atoms with E-state index in [-0.39, 0.29) is 12.2 Å². The molecule has 4 nitrogen and oxygen atoms in total. The number of nitrogens with zero attached hydrogens (tertiary/aromatic N) is 1. The van der Waals surface area contributed by atoms with Crippen molar-refractivity contribution in [2.24, 2.45) is 0 Å². The standard InChI is InChI=1S/C17H19NO3/c1-11-10-18-15(12(2)17(11)21-4)9-16(19)13-6-5-7-14(8-13)20-3/h5-8,10H,9H2,1-4H3. The van der Waals surface area contributed by atoms with Gasteiger partial charge in [0.25, 0.3) is 0 Å². The van der Waals surface area contributed by atoms with Crippen molar-refractivity contribution >= 4 is 5.78 Å². The number of methoxy groups -OCH3 is 2. The summed E-state index contributed by atoms with van der Waals surface area (Å²) in [6.07, 6.45) is 1.98. The van der Waals surface area contributed by atoms with E-state index in [0.717, 1.165) is 22.6 Å². The molecule has 0 saturated heterocycles. The monoisotopic (exact) mass is 285 g/mol. The minimum Gasteiger partial charge on any atom is -0.497 e. The van der Waals surface area contributed by atoms with E-state index in [4.69, 9.17) is 9.47 Å². The number of aromatic nitrogens is 1. The Bertz CT molecular complexity index is 665. The zero-order chi connectivity index (χ0) is 15.4. The van der Waals surface area contributed by atoms with Crippen LogP contribution in [0.4, 0.5) is 0 Å². The van der Waals surface area contributed by atoms with Crippen LogP contribution in [-0.4, -0.2) is 25.0 Å². The molecule has 0 aliphatic rings. The Morgan fingerprint density at radius 2 is 1.95 bits per heavy atom. The van der Waals surface area contributed by atoms with Gasteiger partial charge in [-0.2, -0.15) is 0 Å². The number of carbonyl (C=O) groups is 1. The summed E-state index contributed by atoms with van der Waals surface area (Å²) in [5.41, 5.74) is 3.24. The number of rotatable bonds is 5. The smallest absolute Gasteiger partial charge is 0.168 e. The molecule has 0 bridgehead atoms. The average Bonchev–Trinajstić information content (AvgIpc) is 2.50. The van der Waals surface area contributed by atoms with Crippen LogP contribution in [0.5, 0.6) is 11.5 Å². The van der Waals surface area contributed by atoms with Crippen LogP contribution >= 0.6 is 0 Å². The van der Waals surface area contributed by atoms with Gasteiger partial charge in [-0.25, -0.2) is 0 Å². The normalized spacial score (nSPS) is 10.3. The predicted molar refractivity (Wildman–Crippen MR) is 81.3 cm³/mol. The molecule has 0 unspecified atom stereocenters. The van der Waals surface area contributed by atoms with Crippen LogP contribution in [0.3, 0.4) is 0 Å². The second kappa shape index (κ2) is 6.39. The topological polar surface area (TPSA) is 48.4 Å². The average molecular weight is 285 g/mol. The minimum atomic E-state index is 0.00964. The van der Waals surface area contributed by atoms with E-state index in [0.29, 0.717) is 11.3 Å². The molecule has 0 fully saturated rings. The lowest BCUT2D eigenvalue weighted by molar-refractivity contribution is 0.0991. The Hall–Kier alpha value is -2.36. The molecule has 2 aromatic rings. The number of Topliss-reactive ketones (excluding diaryl/α,β-unsaturated/α-hetero) is 1. The van der Waals surface area contributed by atoms with Crippen LogP contribution in [0.1, 0.15) is 27.2 Å². The molecule has 0 amide bonds. The molecule has 21 heavy (non-hydrogen) atoms. The highest BCUT2D eigenvalue weighted by Crippen LogP contribution is 2.25. The highest BCUT2D eigenvalue weighted by atomic mass is 16.5. The first-order chi connectivity index (χ1) is 10.1. The van der Waals surface area contributed by atoms with E-state index in [9.17, 15) is 4.79 Å². The van der Waals surface area contributed by atoms with E-state index >= 15 is 0 Å². The van der Waals surface area contributed by atoms with Crippen molar-refractivity contribution in [3.8, 4) is 11.5 Å². The first-order valence-corrected chi connectivity index (χ1v) is 6.73. The first-order valence-electron chi connectivity index (χ1n) is 6.73. The summed E-state index contributed by atoms with van der Waals surface area (Å²) in [4.78, 5) is 16.7. The Morgan fingerprint density at radius 1 is 1.19 bits per heavy atom. The molecule has 110 valence electrons. The second-order valence-corrected chi connectivity index (χ2v) is 4.88. The molecule has 0 saturated carbocycles. The highest BCUT2D eigenvalue weighted by molar-refractivity contribution is 5.97. The Labute approximate surface area is 124 Å². The van der Waals surface area contributed by atoms with Gasteiger partial charge in [0, 0.05) is 22.9 Å². The molecule has 2 rings (SSSR count). The van der Waals surface area contributed by atoms with Crippen molar-refractivity contribution in [1.29, 1.82) is 0 Å². The fourth-order valence-corrected chi connectivity index (χ4v) is 2.30. The number of benzene rings is 1. The molecule has 1 aromatic carbocycles. The number of carbonyl (C=O) groups excluding carboxylic acids is 1. The van der Waals surface area contributed by atoms with Crippen LogP contribution in [0.15, 0.2) is 30.5 Å². The number of ether oxygens (including phenoxy) is 2. The van der Waals surface area contributed by atoms with Gasteiger partial charge in [-0.15, -0.1) is 0 Å². The summed E-state index contributed by atoms with van der Waals surface area (Å²) in [6, 6.07) is 7.14. The number of aryl methyl sites for hydroxylation is 1. The van der Waals surface area contributed by atoms with Crippen LogP contribution in [0, 0.1) is 13.8 Å². The Morgan fingerprint density at radius 3 is 2.62 bits per heavy atom. The largest absolute Gasteiger partial charge is 0.497 e. The van der Waals surface area contributed by atoms with Gasteiger partial charge in [-0.3, -0.25) is 9.78 Å². The molecule has 4 heteroatoms. The van der Waals surface area contributed by atoms with Crippen molar-refractivity contribution in [3.05, 3.63) is 52.8 Å². The van der Waals surface area contributed by atoms with E-state index in [2.05, 4.69) is 4.98 Å². The quantitative estimate of drug-likeness (QED) is 0.792. The lowest BCUT2D eigenvalue weighted by atomic mass is 10.0. The lowest BCUT2D eigenvalue weighted by Gasteiger charge is -2.12. The summed E-state index contributed by atoms with van der Waals surface area (Å²) >= 11 is 0. The van der Waals surface area contributed by atoms with Crippen molar-refractivity contribution < 1.29 is 14.3 Å². The fraction of sp³-hybridized carbons (Fsp3) is 0.294. The molecule has 0 radical (unpaired) electrons. The maximum atomic E-state index is 12.4. The summed E-state index contributed by atoms with van der Waals surface area (Å²) in [6.45, 7) is 3.86. The molecule has 0 N–H and O–H groups in total. The zero-order valence-electron chi connectivity index (χ0n) is 12.8. The van der Waals surface area contributed by atoms with Crippen molar-refractivity contribution in [3.63, 3.8) is 0 Å². The maximum absolute atomic E-state index is 12.4.